The average Bonchev–Trinajstić information content (AvgIpc) is 2.39. The number of nitrogens with one attached hydrogen (secondary N) is 1. The van der Waals surface area contributed by atoms with Gasteiger partial charge in [-0.15, -0.1) is 11.8 Å². The van der Waals surface area contributed by atoms with Crippen LogP contribution in [0.25, 0.3) is 0 Å². The lowest BCUT2D eigenvalue weighted by atomic mass is 10.2. The van der Waals surface area contributed by atoms with Gasteiger partial charge >= 0.3 is 6.18 Å². The maximum Gasteiger partial charge on any atom is 0.433 e. The summed E-state index contributed by atoms with van der Waals surface area (Å²) in [4.78, 5) is 16.9. The Kier molecular flexibility index (Phi) is 5.41. The molecule has 0 atom stereocenters. The van der Waals surface area contributed by atoms with Crippen molar-refractivity contribution < 1.29 is 13.2 Å². The maximum absolute atomic E-state index is 12.6. The van der Waals surface area contributed by atoms with Crippen LogP contribution in [0.5, 0.6) is 0 Å². The molecule has 0 unspecified atom stereocenters. The second-order valence-corrected chi connectivity index (χ2v) is 6.13. The molecule has 0 saturated heterocycles. The van der Waals surface area contributed by atoms with Gasteiger partial charge in [-0.25, -0.2) is 4.98 Å². The van der Waals surface area contributed by atoms with Gasteiger partial charge in [-0.1, -0.05) is 29.3 Å². The van der Waals surface area contributed by atoms with Crippen molar-refractivity contribution in [2.24, 2.45) is 0 Å². The van der Waals surface area contributed by atoms with Crippen molar-refractivity contribution in [3.8, 4) is 0 Å². The van der Waals surface area contributed by atoms with Gasteiger partial charge in [-0.3, -0.25) is 4.79 Å². The quantitative estimate of drug-likeness (QED) is 0.862. The lowest BCUT2D eigenvalue weighted by Crippen LogP contribution is -2.18. The highest BCUT2D eigenvalue weighted by Gasteiger charge is 2.33. The van der Waals surface area contributed by atoms with Gasteiger partial charge in [-0.05, 0) is 17.7 Å². The fourth-order valence-electron chi connectivity index (χ4n) is 1.62. The van der Waals surface area contributed by atoms with E-state index in [2.05, 4.69) is 9.97 Å². The molecular weight excluding hydrogens is 360 g/mol. The van der Waals surface area contributed by atoms with Gasteiger partial charge in [0.1, 0.15) is 5.82 Å². The first-order valence-electron chi connectivity index (χ1n) is 5.95. The Bertz CT molecular complexity index is 734. The molecule has 0 fully saturated rings. The van der Waals surface area contributed by atoms with Crippen molar-refractivity contribution in [2.45, 2.75) is 17.7 Å². The van der Waals surface area contributed by atoms with E-state index in [1.54, 1.807) is 18.2 Å². The number of benzene rings is 1. The number of aromatic amines is 1. The lowest BCUT2D eigenvalue weighted by Gasteiger charge is -2.08. The third kappa shape index (κ3) is 4.66. The van der Waals surface area contributed by atoms with Crippen LogP contribution in [0.3, 0.4) is 0 Å². The Morgan fingerprint density at radius 1 is 1.18 bits per heavy atom. The smallest absolute Gasteiger partial charge is 0.310 e. The van der Waals surface area contributed by atoms with Crippen molar-refractivity contribution in [1.82, 2.24) is 9.97 Å². The second-order valence-electron chi connectivity index (χ2n) is 4.30. The van der Waals surface area contributed by atoms with Crippen molar-refractivity contribution in [3.05, 3.63) is 61.7 Å². The number of nitrogens with zero attached hydrogens (tertiary/aromatic N) is 1. The lowest BCUT2D eigenvalue weighted by molar-refractivity contribution is -0.141. The van der Waals surface area contributed by atoms with E-state index in [0.717, 1.165) is 5.56 Å². The molecule has 0 spiro atoms. The molecule has 0 saturated carbocycles. The van der Waals surface area contributed by atoms with Crippen LogP contribution in [0.2, 0.25) is 10.0 Å². The first-order valence-corrected chi connectivity index (χ1v) is 7.86. The number of alkyl halides is 3. The van der Waals surface area contributed by atoms with Crippen LogP contribution < -0.4 is 5.56 Å². The molecule has 1 aromatic carbocycles. The maximum atomic E-state index is 12.6. The SMILES string of the molecule is O=c1cc(C(F)(F)F)nc(CSCc2ccc(Cl)cc2Cl)[nH]1. The number of H-pyrrole nitrogens is 1. The van der Waals surface area contributed by atoms with Crippen LogP contribution in [0, 0.1) is 0 Å². The van der Waals surface area contributed by atoms with Gasteiger partial charge in [0.05, 0.1) is 5.75 Å². The molecule has 0 bridgehead atoms. The van der Waals surface area contributed by atoms with E-state index < -0.39 is 17.4 Å². The zero-order chi connectivity index (χ0) is 16.3. The summed E-state index contributed by atoms with van der Waals surface area (Å²) in [5.74, 6) is 0.545. The molecule has 0 amide bonds. The first kappa shape index (κ1) is 17.2. The summed E-state index contributed by atoms with van der Waals surface area (Å²) in [5.41, 5.74) is -1.23. The summed E-state index contributed by atoms with van der Waals surface area (Å²) in [6.45, 7) is 0. The third-order valence-corrected chi connectivity index (χ3v) is 4.17. The molecule has 118 valence electrons. The average molecular weight is 369 g/mol. The van der Waals surface area contributed by atoms with Crippen LogP contribution in [0.4, 0.5) is 13.2 Å². The number of rotatable bonds is 4. The van der Waals surface area contributed by atoms with Gasteiger partial charge < -0.3 is 4.98 Å². The highest BCUT2D eigenvalue weighted by Crippen LogP contribution is 2.28. The molecule has 0 aliphatic rings. The number of thioether (sulfide) groups is 1. The van der Waals surface area contributed by atoms with Gasteiger partial charge in [0, 0.05) is 21.9 Å². The topological polar surface area (TPSA) is 45.8 Å². The highest BCUT2D eigenvalue weighted by molar-refractivity contribution is 7.97. The molecule has 0 radical (unpaired) electrons. The molecule has 22 heavy (non-hydrogen) atoms. The van der Waals surface area contributed by atoms with Crippen LogP contribution in [-0.4, -0.2) is 9.97 Å². The number of hydrogen-bond donors (Lipinski definition) is 1. The van der Waals surface area contributed by atoms with Crippen LogP contribution in [-0.2, 0) is 17.7 Å². The summed E-state index contributed by atoms with van der Waals surface area (Å²) in [6.07, 6.45) is -4.65. The predicted octanol–water partition coefficient (Wildman–Crippen LogP) is 4.53. The van der Waals surface area contributed by atoms with Crippen LogP contribution in [0.15, 0.2) is 29.1 Å². The van der Waals surface area contributed by atoms with Crippen LogP contribution >= 0.6 is 35.0 Å². The minimum atomic E-state index is -4.65. The largest absolute Gasteiger partial charge is 0.433 e. The number of aromatic nitrogens is 2. The Hall–Kier alpha value is -1.18. The summed E-state index contributed by atoms with van der Waals surface area (Å²) in [6, 6.07) is 5.43. The van der Waals surface area contributed by atoms with Gasteiger partial charge in [0.25, 0.3) is 5.56 Å². The first-order chi connectivity index (χ1) is 10.3. The fraction of sp³-hybridized carbons (Fsp3) is 0.231. The minimum Gasteiger partial charge on any atom is -0.310 e. The molecule has 0 aliphatic heterocycles. The Morgan fingerprint density at radius 3 is 2.55 bits per heavy atom. The zero-order valence-corrected chi connectivity index (χ0v) is 13.2. The summed E-state index contributed by atoms with van der Waals surface area (Å²) < 4.78 is 37.7. The molecule has 0 aliphatic carbocycles. The molecule has 2 rings (SSSR count). The Labute approximate surface area is 137 Å². The van der Waals surface area contributed by atoms with E-state index in [9.17, 15) is 18.0 Å². The van der Waals surface area contributed by atoms with E-state index in [1.165, 1.54) is 11.8 Å². The van der Waals surface area contributed by atoms with Crippen molar-refractivity contribution in [3.63, 3.8) is 0 Å². The summed E-state index contributed by atoms with van der Waals surface area (Å²) in [7, 11) is 0. The third-order valence-electron chi connectivity index (χ3n) is 2.59. The molecule has 2 aromatic rings. The van der Waals surface area contributed by atoms with Crippen molar-refractivity contribution >= 4 is 35.0 Å². The van der Waals surface area contributed by atoms with Gasteiger partial charge in [0.15, 0.2) is 5.69 Å². The van der Waals surface area contributed by atoms with E-state index in [0.29, 0.717) is 21.9 Å². The predicted molar refractivity (Wildman–Crippen MR) is 81.3 cm³/mol. The van der Waals surface area contributed by atoms with E-state index in [1.807, 2.05) is 0 Å². The summed E-state index contributed by atoms with van der Waals surface area (Å²) >= 11 is 13.1. The van der Waals surface area contributed by atoms with E-state index >= 15 is 0 Å². The summed E-state index contributed by atoms with van der Waals surface area (Å²) in [5, 5.41) is 0.980. The van der Waals surface area contributed by atoms with Crippen molar-refractivity contribution in [1.29, 1.82) is 0 Å². The molecule has 1 heterocycles. The van der Waals surface area contributed by atoms with E-state index in [4.69, 9.17) is 23.2 Å². The Balaban J connectivity index is 2.06. The molecule has 3 nitrogen and oxygen atoms in total. The Morgan fingerprint density at radius 2 is 1.91 bits per heavy atom. The second kappa shape index (κ2) is 6.93. The normalized spacial score (nSPS) is 11.7. The highest BCUT2D eigenvalue weighted by atomic mass is 35.5. The number of halogens is 5. The molecule has 1 N–H and O–H groups in total. The fourth-order valence-corrected chi connectivity index (χ4v) is 3.08. The zero-order valence-electron chi connectivity index (χ0n) is 10.9. The standard InChI is InChI=1S/C13H9Cl2F3N2OS/c14-8-2-1-7(9(15)3-8)5-22-6-11-19-10(13(16,17)18)4-12(21)20-11/h1-4H,5-6H2,(H,19,20,21). The minimum absolute atomic E-state index is 0.0325. The monoisotopic (exact) mass is 368 g/mol. The number of hydrogen-bond acceptors (Lipinski definition) is 3. The van der Waals surface area contributed by atoms with Gasteiger partial charge in [-0.2, -0.15) is 13.2 Å². The van der Waals surface area contributed by atoms with E-state index in [-0.39, 0.29) is 11.6 Å². The van der Waals surface area contributed by atoms with Gasteiger partial charge in [0.2, 0.25) is 0 Å². The molecular formula is C13H9Cl2F3N2OS. The molecule has 9 heteroatoms. The molecule has 1 aromatic heterocycles. The van der Waals surface area contributed by atoms with Crippen LogP contribution in [0.1, 0.15) is 17.1 Å². The van der Waals surface area contributed by atoms with Crippen molar-refractivity contribution in [2.75, 3.05) is 0 Å².